The molecule has 106 valence electrons. The molecule has 1 saturated heterocycles. The maximum absolute atomic E-state index is 12.5. The monoisotopic (exact) mass is 316 g/mol. The zero-order valence-electron chi connectivity index (χ0n) is 11.2. The number of thioether (sulfide) groups is 1. The van der Waals surface area contributed by atoms with Gasteiger partial charge in [0.15, 0.2) is 5.78 Å². The SMILES string of the molecule is COc1ccccc1/C=C1\SC(=N)[C@H](c2nccs2)C1=O. The number of methoxy groups -OCH3 is 1. The Morgan fingerprint density at radius 2 is 2.19 bits per heavy atom. The molecule has 0 bridgehead atoms. The van der Waals surface area contributed by atoms with Gasteiger partial charge in [-0.25, -0.2) is 4.98 Å². The molecule has 1 aromatic carbocycles. The van der Waals surface area contributed by atoms with Crippen LogP contribution >= 0.6 is 23.1 Å². The number of hydrogen-bond donors (Lipinski definition) is 1. The van der Waals surface area contributed by atoms with Crippen LogP contribution in [-0.2, 0) is 4.79 Å². The highest BCUT2D eigenvalue weighted by Gasteiger charge is 2.38. The van der Waals surface area contributed by atoms with E-state index in [1.807, 2.05) is 29.6 Å². The summed E-state index contributed by atoms with van der Waals surface area (Å²) < 4.78 is 5.29. The van der Waals surface area contributed by atoms with Gasteiger partial charge in [0.1, 0.15) is 16.7 Å². The third kappa shape index (κ3) is 2.64. The Bertz CT molecular complexity index is 723. The molecule has 1 aliphatic rings. The number of ether oxygens (including phenoxy) is 1. The van der Waals surface area contributed by atoms with Gasteiger partial charge in [0.25, 0.3) is 0 Å². The highest BCUT2D eigenvalue weighted by atomic mass is 32.2. The van der Waals surface area contributed by atoms with Crippen LogP contribution in [0.25, 0.3) is 6.08 Å². The first-order valence-corrected chi connectivity index (χ1v) is 7.95. The summed E-state index contributed by atoms with van der Waals surface area (Å²) in [6, 6.07) is 7.51. The van der Waals surface area contributed by atoms with Gasteiger partial charge in [-0.2, -0.15) is 0 Å². The van der Waals surface area contributed by atoms with Gasteiger partial charge in [-0.05, 0) is 12.1 Å². The van der Waals surface area contributed by atoms with Crippen molar-refractivity contribution in [1.82, 2.24) is 4.98 Å². The van der Waals surface area contributed by atoms with E-state index in [-0.39, 0.29) is 5.78 Å². The van der Waals surface area contributed by atoms with E-state index in [1.54, 1.807) is 19.4 Å². The number of ketones is 1. The summed E-state index contributed by atoms with van der Waals surface area (Å²) in [6.07, 6.45) is 3.45. The van der Waals surface area contributed by atoms with Gasteiger partial charge in [0.2, 0.25) is 0 Å². The first kappa shape index (κ1) is 14.0. The maximum atomic E-state index is 12.5. The fourth-order valence-corrected chi connectivity index (χ4v) is 3.91. The van der Waals surface area contributed by atoms with Crippen LogP contribution in [0.2, 0.25) is 0 Å². The Balaban J connectivity index is 1.96. The molecule has 21 heavy (non-hydrogen) atoms. The molecular weight excluding hydrogens is 304 g/mol. The Morgan fingerprint density at radius 3 is 2.90 bits per heavy atom. The van der Waals surface area contributed by atoms with Crippen LogP contribution in [0.3, 0.4) is 0 Å². The lowest BCUT2D eigenvalue weighted by Gasteiger charge is -2.04. The fraction of sp³-hybridized carbons (Fsp3) is 0.133. The summed E-state index contributed by atoms with van der Waals surface area (Å²) in [4.78, 5) is 17.2. The van der Waals surface area contributed by atoms with Gasteiger partial charge in [-0.3, -0.25) is 10.2 Å². The molecule has 6 heteroatoms. The minimum atomic E-state index is -0.545. The van der Waals surface area contributed by atoms with E-state index in [4.69, 9.17) is 10.1 Å². The topological polar surface area (TPSA) is 63.0 Å². The molecule has 2 heterocycles. The van der Waals surface area contributed by atoms with Crippen LogP contribution in [0, 0.1) is 5.41 Å². The quantitative estimate of drug-likeness (QED) is 0.879. The third-order valence-corrected chi connectivity index (χ3v) is 4.95. The second kappa shape index (κ2) is 5.83. The zero-order chi connectivity index (χ0) is 14.8. The van der Waals surface area contributed by atoms with E-state index < -0.39 is 5.92 Å². The molecular formula is C15H12N2O2S2. The number of nitrogens with zero attached hydrogens (tertiary/aromatic N) is 1. The predicted octanol–water partition coefficient (Wildman–Crippen LogP) is 3.57. The summed E-state index contributed by atoms with van der Waals surface area (Å²) in [5.41, 5.74) is 0.837. The van der Waals surface area contributed by atoms with E-state index in [1.165, 1.54) is 23.1 Å². The molecule has 4 nitrogen and oxygen atoms in total. The fourth-order valence-electron chi connectivity index (χ4n) is 2.12. The minimum absolute atomic E-state index is 0.0640. The molecule has 1 N–H and O–H groups in total. The van der Waals surface area contributed by atoms with Crippen molar-refractivity contribution in [2.75, 3.05) is 7.11 Å². The third-order valence-electron chi connectivity index (χ3n) is 3.11. The summed E-state index contributed by atoms with van der Waals surface area (Å²) in [5.74, 6) is 0.101. The second-order valence-electron chi connectivity index (χ2n) is 4.38. The van der Waals surface area contributed by atoms with Crippen molar-refractivity contribution in [3.63, 3.8) is 0 Å². The van der Waals surface area contributed by atoms with Crippen molar-refractivity contribution >= 4 is 40.0 Å². The van der Waals surface area contributed by atoms with Crippen LogP contribution in [0.5, 0.6) is 5.75 Å². The molecule has 0 spiro atoms. The first-order chi connectivity index (χ1) is 10.2. The average Bonchev–Trinajstić information content (AvgIpc) is 3.09. The van der Waals surface area contributed by atoms with Crippen LogP contribution in [0.15, 0.2) is 40.7 Å². The Kier molecular flexibility index (Phi) is 3.90. The Morgan fingerprint density at radius 1 is 1.38 bits per heavy atom. The molecule has 2 aromatic rings. The highest BCUT2D eigenvalue weighted by molar-refractivity contribution is 8.19. The van der Waals surface area contributed by atoms with Crippen LogP contribution in [-0.4, -0.2) is 22.9 Å². The first-order valence-electron chi connectivity index (χ1n) is 6.25. The van der Waals surface area contributed by atoms with Gasteiger partial charge in [-0.15, -0.1) is 11.3 Å². The molecule has 1 aliphatic heterocycles. The van der Waals surface area contributed by atoms with Gasteiger partial charge in [-0.1, -0.05) is 30.0 Å². The molecule has 0 saturated carbocycles. The van der Waals surface area contributed by atoms with Gasteiger partial charge in [0, 0.05) is 17.1 Å². The lowest BCUT2D eigenvalue weighted by molar-refractivity contribution is -0.114. The lowest BCUT2D eigenvalue weighted by atomic mass is 10.0. The molecule has 0 amide bonds. The Labute approximate surface area is 130 Å². The number of nitrogens with one attached hydrogen (secondary N) is 1. The summed E-state index contributed by atoms with van der Waals surface area (Å²) in [5, 5.41) is 10.9. The van der Waals surface area contributed by atoms with E-state index >= 15 is 0 Å². The van der Waals surface area contributed by atoms with Crippen molar-refractivity contribution in [1.29, 1.82) is 5.41 Å². The number of para-hydroxylation sites is 1. The van der Waals surface area contributed by atoms with Gasteiger partial charge >= 0.3 is 0 Å². The zero-order valence-corrected chi connectivity index (χ0v) is 12.8. The van der Waals surface area contributed by atoms with Crippen molar-refractivity contribution < 1.29 is 9.53 Å². The number of hydrogen-bond acceptors (Lipinski definition) is 6. The van der Waals surface area contributed by atoms with Crippen molar-refractivity contribution in [3.8, 4) is 5.75 Å². The number of rotatable bonds is 3. The molecule has 1 atom stereocenters. The maximum Gasteiger partial charge on any atom is 0.186 e. The highest BCUT2D eigenvalue weighted by Crippen LogP contribution is 2.41. The van der Waals surface area contributed by atoms with Gasteiger partial charge < -0.3 is 4.74 Å². The smallest absolute Gasteiger partial charge is 0.186 e. The normalized spacial score (nSPS) is 20.2. The Hall–Kier alpha value is -1.92. The summed E-state index contributed by atoms with van der Waals surface area (Å²) >= 11 is 2.61. The van der Waals surface area contributed by atoms with E-state index in [0.29, 0.717) is 20.7 Å². The van der Waals surface area contributed by atoms with Crippen molar-refractivity contribution in [2.24, 2.45) is 0 Å². The van der Waals surface area contributed by atoms with Crippen molar-refractivity contribution in [3.05, 3.63) is 51.3 Å². The largest absolute Gasteiger partial charge is 0.496 e. The van der Waals surface area contributed by atoms with Crippen LogP contribution in [0.1, 0.15) is 16.5 Å². The predicted molar refractivity (Wildman–Crippen MR) is 86.2 cm³/mol. The number of benzene rings is 1. The number of allylic oxidation sites excluding steroid dienone is 1. The molecule has 0 radical (unpaired) electrons. The second-order valence-corrected chi connectivity index (χ2v) is 6.39. The van der Waals surface area contributed by atoms with Crippen LogP contribution in [0.4, 0.5) is 0 Å². The molecule has 0 unspecified atom stereocenters. The number of aromatic nitrogens is 1. The number of carbonyl (C=O) groups excluding carboxylic acids is 1. The van der Waals surface area contributed by atoms with Crippen LogP contribution < -0.4 is 4.74 Å². The molecule has 0 aliphatic carbocycles. The number of carbonyl (C=O) groups is 1. The number of thiazole rings is 1. The summed E-state index contributed by atoms with van der Waals surface area (Å²) in [7, 11) is 1.60. The van der Waals surface area contributed by atoms with E-state index in [9.17, 15) is 4.79 Å². The van der Waals surface area contributed by atoms with E-state index in [2.05, 4.69) is 4.98 Å². The lowest BCUT2D eigenvalue weighted by Crippen LogP contribution is -2.11. The standard InChI is InChI=1S/C15H12N2O2S2/c1-19-10-5-3-2-4-9(10)8-11-13(18)12(14(16)21-11)15-17-6-7-20-15/h2-8,12,16H,1H3/b11-8-,16-14?/t12-/m1/s1. The average molecular weight is 316 g/mol. The summed E-state index contributed by atoms with van der Waals surface area (Å²) in [6.45, 7) is 0. The van der Waals surface area contributed by atoms with E-state index in [0.717, 1.165) is 5.56 Å². The number of Topliss-reactive ketones (excluding diaryl/α,β-unsaturated/α-hetero) is 1. The van der Waals surface area contributed by atoms with Gasteiger partial charge in [0.05, 0.1) is 17.1 Å². The van der Waals surface area contributed by atoms with Crippen molar-refractivity contribution in [2.45, 2.75) is 5.92 Å². The molecule has 1 fully saturated rings. The minimum Gasteiger partial charge on any atom is -0.496 e. The molecule has 1 aromatic heterocycles. The molecule has 3 rings (SSSR count).